The Hall–Kier alpha value is -1.69. The van der Waals surface area contributed by atoms with E-state index in [0.29, 0.717) is 5.92 Å². The van der Waals surface area contributed by atoms with Gasteiger partial charge in [-0.25, -0.2) is 4.98 Å². The average molecular weight is 304 g/mol. The Bertz CT molecular complexity index is 658. The van der Waals surface area contributed by atoms with Crippen molar-refractivity contribution in [3.63, 3.8) is 0 Å². The van der Waals surface area contributed by atoms with Crippen molar-refractivity contribution in [3.05, 3.63) is 33.0 Å². The summed E-state index contributed by atoms with van der Waals surface area (Å²) >= 11 is 1.51. The Morgan fingerprint density at radius 1 is 1.52 bits per heavy atom. The fourth-order valence-corrected chi connectivity index (χ4v) is 3.64. The molecule has 3 rings (SSSR count). The molecule has 1 aliphatic carbocycles. The first-order chi connectivity index (χ1) is 10.0. The minimum Gasteiger partial charge on any atom is -0.348 e. The van der Waals surface area contributed by atoms with Crippen LogP contribution in [0, 0.1) is 6.92 Å². The summed E-state index contributed by atoms with van der Waals surface area (Å²) in [7, 11) is 0. The van der Waals surface area contributed by atoms with Gasteiger partial charge in [0.15, 0.2) is 0 Å². The smallest absolute Gasteiger partial charge is 0.263 e. The van der Waals surface area contributed by atoms with Gasteiger partial charge in [0.1, 0.15) is 4.88 Å². The number of nitrogens with one attached hydrogen (secondary N) is 2. The SMILES string of the molecule is Cc1nc(C(C)C)sc1C(=O)N[C@H]1CCc2[nH]ncc2C1. The summed E-state index contributed by atoms with van der Waals surface area (Å²) in [6.07, 6.45) is 4.62. The molecule has 0 aromatic carbocycles. The molecule has 0 fully saturated rings. The molecule has 0 spiro atoms. The number of thiazole rings is 1. The van der Waals surface area contributed by atoms with Gasteiger partial charge in [0.05, 0.1) is 16.9 Å². The number of rotatable bonds is 3. The Morgan fingerprint density at radius 3 is 3.05 bits per heavy atom. The molecule has 2 aromatic heterocycles. The predicted octanol–water partition coefficient (Wildman–Crippen LogP) is 2.59. The molecule has 5 nitrogen and oxygen atoms in total. The van der Waals surface area contributed by atoms with Crippen molar-refractivity contribution in [3.8, 4) is 0 Å². The lowest BCUT2D eigenvalue weighted by molar-refractivity contribution is 0.0937. The first kappa shape index (κ1) is 14.3. The lowest BCUT2D eigenvalue weighted by atomic mass is 9.93. The van der Waals surface area contributed by atoms with E-state index in [1.165, 1.54) is 22.6 Å². The standard InChI is InChI=1S/C15H20N4OS/c1-8(2)15-17-9(3)13(21-15)14(20)18-11-4-5-12-10(6-11)7-16-19-12/h7-8,11H,4-6H2,1-3H3,(H,16,19)(H,18,20)/t11-/m0/s1. The van der Waals surface area contributed by atoms with E-state index in [2.05, 4.69) is 34.3 Å². The number of aryl methyl sites for hydroxylation is 2. The predicted molar refractivity (Wildman–Crippen MR) is 82.8 cm³/mol. The van der Waals surface area contributed by atoms with Gasteiger partial charge in [-0.15, -0.1) is 11.3 Å². The van der Waals surface area contributed by atoms with Crippen molar-refractivity contribution in [1.82, 2.24) is 20.5 Å². The van der Waals surface area contributed by atoms with Crippen molar-refractivity contribution in [2.45, 2.75) is 52.0 Å². The minimum absolute atomic E-state index is 0.00819. The number of H-pyrrole nitrogens is 1. The van der Waals surface area contributed by atoms with Crippen molar-refractivity contribution >= 4 is 17.2 Å². The number of aromatic nitrogens is 3. The highest BCUT2D eigenvalue weighted by Crippen LogP contribution is 2.25. The first-order valence-corrected chi connectivity index (χ1v) is 8.15. The third-order valence-corrected chi connectivity index (χ3v) is 5.32. The fourth-order valence-electron chi connectivity index (χ4n) is 2.67. The molecular weight excluding hydrogens is 284 g/mol. The van der Waals surface area contributed by atoms with Gasteiger partial charge in [0, 0.05) is 17.7 Å². The number of carbonyl (C=O) groups is 1. The first-order valence-electron chi connectivity index (χ1n) is 7.34. The summed E-state index contributed by atoms with van der Waals surface area (Å²) < 4.78 is 0. The molecule has 21 heavy (non-hydrogen) atoms. The van der Waals surface area contributed by atoms with E-state index in [9.17, 15) is 4.79 Å². The highest BCUT2D eigenvalue weighted by molar-refractivity contribution is 7.13. The molecule has 1 aliphatic rings. The maximum Gasteiger partial charge on any atom is 0.263 e. The van der Waals surface area contributed by atoms with Crippen molar-refractivity contribution in [2.24, 2.45) is 0 Å². The van der Waals surface area contributed by atoms with Crippen molar-refractivity contribution in [1.29, 1.82) is 0 Å². The molecule has 1 atom stereocenters. The van der Waals surface area contributed by atoms with Crippen LogP contribution in [0.4, 0.5) is 0 Å². The van der Waals surface area contributed by atoms with Gasteiger partial charge in [0.25, 0.3) is 5.91 Å². The van der Waals surface area contributed by atoms with E-state index in [0.717, 1.165) is 34.8 Å². The van der Waals surface area contributed by atoms with Crippen LogP contribution in [-0.4, -0.2) is 27.1 Å². The highest BCUT2D eigenvalue weighted by Gasteiger charge is 2.24. The molecular formula is C15H20N4OS. The molecule has 2 heterocycles. The van der Waals surface area contributed by atoms with E-state index in [4.69, 9.17) is 0 Å². The van der Waals surface area contributed by atoms with Crippen LogP contribution in [0.25, 0.3) is 0 Å². The Balaban J connectivity index is 1.70. The summed E-state index contributed by atoms with van der Waals surface area (Å²) in [5.74, 6) is 0.368. The molecule has 0 bridgehead atoms. The third-order valence-electron chi connectivity index (χ3n) is 3.87. The molecule has 0 saturated carbocycles. The van der Waals surface area contributed by atoms with Gasteiger partial charge < -0.3 is 5.32 Å². The van der Waals surface area contributed by atoms with Crippen LogP contribution >= 0.6 is 11.3 Å². The second kappa shape index (κ2) is 5.60. The average Bonchev–Trinajstić information content (AvgIpc) is 3.04. The largest absolute Gasteiger partial charge is 0.348 e. The molecule has 0 aliphatic heterocycles. The quantitative estimate of drug-likeness (QED) is 0.915. The fraction of sp³-hybridized carbons (Fsp3) is 0.533. The Kier molecular flexibility index (Phi) is 3.80. The molecule has 6 heteroatoms. The van der Waals surface area contributed by atoms with E-state index >= 15 is 0 Å². The number of hydrogen-bond donors (Lipinski definition) is 2. The second-order valence-electron chi connectivity index (χ2n) is 5.91. The summed E-state index contributed by atoms with van der Waals surface area (Å²) in [4.78, 5) is 17.7. The van der Waals surface area contributed by atoms with Crippen LogP contribution in [-0.2, 0) is 12.8 Å². The topological polar surface area (TPSA) is 70.7 Å². The van der Waals surface area contributed by atoms with E-state index in [1.54, 1.807) is 0 Å². The minimum atomic E-state index is 0.00819. The third kappa shape index (κ3) is 2.85. The number of carbonyl (C=O) groups excluding carboxylic acids is 1. The van der Waals surface area contributed by atoms with Crippen LogP contribution in [0.1, 0.15) is 57.8 Å². The maximum absolute atomic E-state index is 12.5. The summed E-state index contributed by atoms with van der Waals surface area (Å²) in [5.41, 5.74) is 3.26. The zero-order valence-corrected chi connectivity index (χ0v) is 13.4. The lowest BCUT2D eigenvalue weighted by Crippen LogP contribution is -2.38. The highest BCUT2D eigenvalue weighted by atomic mass is 32.1. The van der Waals surface area contributed by atoms with E-state index in [-0.39, 0.29) is 11.9 Å². The number of amides is 1. The van der Waals surface area contributed by atoms with Crippen LogP contribution in [0.15, 0.2) is 6.20 Å². The van der Waals surface area contributed by atoms with Gasteiger partial charge >= 0.3 is 0 Å². The van der Waals surface area contributed by atoms with Crippen LogP contribution in [0.3, 0.4) is 0 Å². The molecule has 112 valence electrons. The zero-order chi connectivity index (χ0) is 15.0. The monoisotopic (exact) mass is 304 g/mol. The van der Waals surface area contributed by atoms with Crippen LogP contribution in [0.5, 0.6) is 0 Å². The van der Waals surface area contributed by atoms with Crippen molar-refractivity contribution in [2.75, 3.05) is 0 Å². The number of aromatic amines is 1. The second-order valence-corrected chi connectivity index (χ2v) is 6.94. The summed E-state index contributed by atoms with van der Waals surface area (Å²) in [5, 5.41) is 11.3. The zero-order valence-electron chi connectivity index (χ0n) is 12.6. The lowest BCUT2D eigenvalue weighted by Gasteiger charge is -2.22. The van der Waals surface area contributed by atoms with Gasteiger partial charge in [-0.1, -0.05) is 13.8 Å². The van der Waals surface area contributed by atoms with Crippen LogP contribution < -0.4 is 5.32 Å². The summed E-state index contributed by atoms with van der Waals surface area (Å²) in [6, 6.07) is 0.187. The summed E-state index contributed by atoms with van der Waals surface area (Å²) in [6.45, 7) is 6.11. The van der Waals surface area contributed by atoms with Gasteiger partial charge in [-0.05, 0) is 31.7 Å². The van der Waals surface area contributed by atoms with Gasteiger partial charge in [0.2, 0.25) is 0 Å². The molecule has 2 aromatic rings. The van der Waals surface area contributed by atoms with Crippen LogP contribution in [0.2, 0.25) is 0 Å². The molecule has 2 N–H and O–H groups in total. The van der Waals surface area contributed by atoms with E-state index in [1.807, 2.05) is 13.1 Å². The molecule has 0 unspecified atom stereocenters. The molecule has 0 saturated heterocycles. The van der Waals surface area contributed by atoms with Crippen molar-refractivity contribution < 1.29 is 4.79 Å². The number of hydrogen-bond acceptors (Lipinski definition) is 4. The van der Waals surface area contributed by atoms with Gasteiger partial charge in [-0.2, -0.15) is 5.10 Å². The molecule has 0 radical (unpaired) electrons. The Morgan fingerprint density at radius 2 is 2.33 bits per heavy atom. The molecule has 1 amide bonds. The van der Waals surface area contributed by atoms with E-state index < -0.39 is 0 Å². The number of nitrogens with zero attached hydrogens (tertiary/aromatic N) is 2. The number of fused-ring (bicyclic) bond motifs is 1. The Labute approximate surface area is 128 Å². The van der Waals surface area contributed by atoms with Gasteiger partial charge in [-0.3, -0.25) is 9.89 Å². The maximum atomic E-state index is 12.5. The normalized spacial score (nSPS) is 17.8.